The minimum Gasteiger partial charge on any atom is -0.383 e. The maximum absolute atomic E-state index is 11.8. The molecule has 0 fully saturated rings. The van der Waals surface area contributed by atoms with E-state index in [2.05, 4.69) is 10.3 Å². The largest absolute Gasteiger partial charge is 0.383 e. The second-order valence-corrected chi connectivity index (χ2v) is 5.43. The van der Waals surface area contributed by atoms with Crippen LogP contribution >= 0.6 is 0 Å². The molecule has 0 heterocycles. The van der Waals surface area contributed by atoms with Gasteiger partial charge in [-0.15, -0.1) is 0 Å². The van der Waals surface area contributed by atoms with Gasteiger partial charge in [0.2, 0.25) is 5.91 Å². The molecule has 0 aliphatic carbocycles. The summed E-state index contributed by atoms with van der Waals surface area (Å²) in [5, 5.41) is 10.3. The number of benzene rings is 2. The average Bonchev–Trinajstić information content (AvgIpc) is 2.66. The molecule has 0 spiro atoms. The Balaban J connectivity index is 1.77. The Labute approximate surface area is 152 Å². The van der Waals surface area contributed by atoms with Crippen LogP contribution in [0.4, 0.5) is 0 Å². The van der Waals surface area contributed by atoms with Crippen LogP contribution in [0, 0.1) is 5.41 Å². The third-order valence-electron chi connectivity index (χ3n) is 3.40. The van der Waals surface area contributed by atoms with Gasteiger partial charge in [0.15, 0.2) is 0 Å². The number of aliphatic imine (C=N–C) groups is 1. The van der Waals surface area contributed by atoms with Gasteiger partial charge < -0.3 is 11.1 Å². The third-order valence-corrected chi connectivity index (χ3v) is 3.40. The molecule has 0 saturated carbocycles. The summed E-state index contributed by atoms with van der Waals surface area (Å²) in [5.74, 6) is -0.506. The van der Waals surface area contributed by atoms with E-state index in [1.54, 1.807) is 48.6 Å². The quantitative estimate of drug-likeness (QED) is 0.424. The fourth-order valence-electron chi connectivity index (χ4n) is 2.10. The van der Waals surface area contributed by atoms with Crippen molar-refractivity contribution in [1.29, 1.82) is 5.41 Å². The molecule has 2 rings (SSSR count). The SMILES string of the molecule is N=C(NC(=O)C/C=C/CC(=O)N=C(N)c1ccccc1)c1ccccc1. The Morgan fingerprint density at radius 1 is 0.923 bits per heavy atom. The fourth-order valence-corrected chi connectivity index (χ4v) is 2.10. The van der Waals surface area contributed by atoms with E-state index in [9.17, 15) is 9.59 Å². The van der Waals surface area contributed by atoms with E-state index < -0.39 is 0 Å². The number of carbonyl (C=O) groups is 2. The van der Waals surface area contributed by atoms with Crippen molar-refractivity contribution in [1.82, 2.24) is 5.32 Å². The highest BCUT2D eigenvalue weighted by Crippen LogP contribution is 2.00. The summed E-state index contributed by atoms with van der Waals surface area (Å²) < 4.78 is 0. The Bertz CT molecular complexity index is 827. The van der Waals surface area contributed by atoms with Crippen LogP contribution in [0.5, 0.6) is 0 Å². The number of carbonyl (C=O) groups excluding carboxylic acids is 2. The van der Waals surface area contributed by atoms with Gasteiger partial charge >= 0.3 is 0 Å². The Morgan fingerprint density at radius 2 is 1.46 bits per heavy atom. The topological polar surface area (TPSA) is 108 Å². The number of nitrogens with one attached hydrogen (secondary N) is 2. The Kier molecular flexibility index (Phi) is 7.00. The van der Waals surface area contributed by atoms with E-state index in [0.717, 1.165) is 0 Å². The van der Waals surface area contributed by atoms with Crippen molar-refractivity contribution in [2.45, 2.75) is 12.8 Å². The van der Waals surface area contributed by atoms with Crippen LogP contribution in [0.25, 0.3) is 0 Å². The van der Waals surface area contributed by atoms with Gasteiger partial charge in [-0.1, -0.05) is 72.8 Å². The summed E-state index contributed by atoms with van der Waals surface area (Å²) in [5.41, 5.74) is 7.09. The fraction of sp³-hybridized carbons (Fsp3) is 0.100. The maximum Gasteiger partial charge on any atom is 0.251 e. The van der Waals surface area contributed by atoms with Crippen LogP contribution in [-0.2, 0) is 9.59 Å². The number of amidine groups is 2. The lowest BCUT2D eigenvalue weighted by Crippen LogP contribution is -2.29. The highest BCUT2D eigenvalue weighted by Gasteiger charge is 2.05. The molecular weight excluding hydrogens is 328 g/mol. The number of amides is 2. The summed E-state index contributed by atoms with van der Waals surface area (Å²) in [6.07, 6.45) is 3.26. The second kappa shape index (κ2) is 9.68. The van der Waals surface area contributed by atoms with Crippen LogP contribution in [0.15, 0.2) is 77.8 Å². The second-order valence-electron chi connectivity index (χ2n) is 5.43. The molecule has 26 heavy (non-hydrogen) atoms. The smallest absolute Gasteiger partial charge is 0.251 e. The Morgan fingerprint density at radius 3 is 2.08 bits per heavy atom. The molecule has 0 radical (unpaired) electrons. The van der Waals surface area contributed by atoms with Gasteiger partial charge in [0.1, 0.15) is 11.7 Å². The lowest BCUT2D eigenvalue weighted by molar-refractivity contribution is -0.119. The summed E-state index contributed by atoms with van der Waals surface area (Å²) in [6.45, 7) is 0. The zero-order valence-electron chi connectivity index (χ0n) is 14.2. The third kappa shape index (κ3) is 6.16. The Hall–Kier alpha value is -3.54. The maximum atomic E-state index is 11.8. The van der Waals surface area contributed by atoms with Gasteiger partial charge in [0.25, 0.3) is 5.91 Å². The monoisotopic (exact) mass is 348 g/mol. The molecule has 0 unspecified atom stereocenters. The van der Waals surface area contributed by atoms with Crippen molar-refractivity contribution in [3.63, 3.8) is 0 Å². The van der Waals surface area contributed by atoms with Crippen molar-refractivity contribution < 1.29 is 9.59 Å². The van der Waals surface area contributed by atoms with Crippen LogP contribution < -0.4 is 11.1 Å². The van der Waals surface area contributed by atoms with Gasteiger partial charge in [-0.25, -0.2) is 0 Å². The first kappa shape index (κ1) is 18.8. The normalized spacial score (nSPS) is 11.3. The van der Waals surface area contributed by atoms with E-state index in [1.807, 2.05) is 24.3 Å². The first-order valence-electron chi connectivity index (χ1n) is 8.07. The molecule has 2 aromatic carbocycles. The van der Waals surface area contributed by atoms with Gasteiger partial charge in [-0.2, -0.15) is 4.99 Å². The summed E-state index contributed by atoms with van der Waals surface area (Å²) in [6, 6.07) is 17.9. The average molecular weight is 348 g/mol. The number of hydrogen-bond acceptors (Lipinski definition) is 3. The minimum atomic E-state index is -0.389. The van der Waals surface area contributed by atoms with Crippen molar-refractivity contribution >= 4 is 23.5 Å². The zero-order valence-corrected chi connectivity index (χ0v) is 14.2. The molecule has 0 aliphatic rings. The predicted octanol–water partition coefficient (Wildman–Crippen LogP) is 2.40. The van der Waals surface area contributed by atoms with Gasteiger partial charge in [-0.3, -0.25) is 15.0 Å². The van der Waals surface area contributed by atoms with Crippen LogP contribution in [-0.4, -0.2) is 23.5 Å². The molecule has 4 N–H and O–H groups in total. The van der Waals surface area contributed by atoms with E-state index in [1.165, 1.54) is 0 Å². The van der Waals surface area contributed by atoms with Crippen molar-refractivity contribution in [3.8, 4) is 0 Å². The highest BCUT2D eigenvalue weighted by atomic mass is 16.2. The lowest BCUT2D eigenvalue weighted by Gasteiger charge is -2.04. The number of rotatable bonds is 6. The number of nitrogens with zero attached hydrogens (tertiary/aromatic N) is 1. The standard InChI is InChI=1S/C20H20N4O2/c21-19(15-9-3-1-4-10-15)23-17(25)13-7-8-14-18(26)24-20(22)16-11-5-2-6-12-16/h1-12H,13-14H2,(H2,21,23,25)(H2,22,24,26)/b8-7+. The number of hydrogen-bond donors (Lipinski definition) is 3. The molecule has 2 aromatic rings. The van der Waals surface area contributed by atoms with Crippen molar-refractivity contribution in [3.05, 3.63) is 83.9 Å². The van der Waals surface area contributed by atoms with Crippen LogP contribution in [0.3, 0.4) is 0 Å². The van der Waals surface area contributed by atoms with Crippen LogP contribution in [0.2, 0.25) is 0 Å². The minimum absolute atomic E-state index is 0.0420. The van der Waals surface area contributed by atoms with E-state index in [0.29, 0.717) is 11.1 Å². The predicted molar refractivity (Wildman–Crippen MR) is 102 cm³/mol. The molecule has 0 aromatic heterocycles. The molecule has 132 valence electrons. The summed E-state index contributed by atoms with van der Waals surface area (Å²) >= 11 is 0. The first-order chi connectivity index (χ1) is 12.6. The van der Waals surface area contributed by atoms with Gasteiger partial charge in [0, 0.05) is 24.0 Å². The molecule has 6 nitrogen and oxygen atoms in total. The van der Waals surface area contributed by atoms with Crippen molar-refractivity contribution in [2.24, 2.45) is 10.7 Å². The molecule has 6 heteroatoms. The molecule has 0 saturated heterocycles. The first-order valence-corrected chi connectivity index (χ1v) is 8.07. The van der Waals surface area contributed by atoms with Gasteiger partial charge in [0.05, 0.1) is 0 Å². The molecule has 0 atom stereocenters. The molecule has 0 bridgehead atoms. The summed E-state index contributed by atoms with van der Waals surface area (Å²) in [7, 11) is 0. The molecule has 2 amide bonds. The summed E-state index contributed by atoms with van der Waals surface area (Å²) in [4.78, 5) is 27.4. The van der Waals surface area contributed by atoms with Crippen molar-refractivity contribution in [2.75, 3.05) is 0 Å². The van der Waals surface area contributed by atoms with Gasteiger partial charge in [-0.05, 0) is 0 Å². The molecular formula is C20H20N4O2. The lowest BCUT2D eigenvalue weighted by atomic mass is 10.2. The molecule has 0 aliphatic heterocycles. The zero-order chi connectivity index (χ0) is 18.8. The van der Waals surface area contributed by atoms with E-state index in [4.69, 9.17) is 11.1 Å². The number of nitrogens with two attached hydrogens (primary N) is 1. The highest BCUT2D eigenvalue weighted by molar-refractivity contribution is 6.06. The van der Waals surface area contributed by atoms with E-state index >= 15 is 0 Å². The van der Waals surface area contributed by atoms with Crippen LogP contribution in [0.1, 0.15) is 24.0 Å². The van der Waals surface area contributed by atoms with E-state index in [-0.39, 0.29) is 36.3 Å².